The lowest BCUT2D eigenvalue weighted by Gasteiger charge is -2.43. The molecule has 2 aliphatic rings. The third kappa shape index (κ3) is 3.06. The Morgan fingerprint density at radius 1 is 1.05 bits per heavy atom. The number of sulfonamides is 1. The molecule has 0 N–H and O–H groups in total. The second-order valence-corrected chi connectivity index (χ2v) is 8.60. The van der Waals surface area contributed by atoms with Crippen LogP contribution in [0, 0.1) is 5.92 Å². The van der Waals surface area contributed by atoms with Gasteiger partial charge in [0.15, 0.2) is 0 Å². The van der Waals surface area contributed by atoms with Crippen LogP contribution in [0.1, 0.15) is 44.1 Å². The minimum absolute atomic E-state index is 0.230. The van der Waals surface area contributed by atoms with Crippen LogP contribution in [0.15, 0.2) is 29.2 Å². The summed E-state index contributed by atoms with van der Waals surface area (Å²) in [7, 11) is -3.34. The highest BCUT2D eigenvalue weighted by molar-refractivity contribution is 9.08. The number of fused-ring (bicyclic) bond motifs is 1. The topological polar surface area (TPSA) is 37.4 Å². The first-order valence-electron chi connectivity index (χ1n) is 7.79. The van der Waals surface area contributed by atoms with Crippen molar-refractivity contribution in [3.63, 3.8) is 0 Å². The molecular weight excluding hydrogens is 350 g/mol. The number of benzene rings is 1. The Balaban J connectivity index is 1.88. The summed E-state index contributed by atoms with van der Waals surface area (Å²) in [5, 5.41) is 0.752. The van der Waals surface area contributed by atoms with Crippen molar-refractivity contribution >= 4 is 26.0 Å². The molecule has 3 nitrogen and oxygen atoms in total. The Morgan fingerprint density at radius 2 is 1.71 bits per heavy atom. The molecule has 0 unspecified atom stereocenters. The van der Waals surface area contributed by atoms with E-state index in [2.05, 4.69) is 15.9 Å². The number of hydrogen-bond acceptors (Lipinski definition) is 2. The Labute approximate surface area is 135 Å². The third-order valence-electron chi connectivity index (χ3n) is 4.88. The molecule has 21 heavy (non-hydrogen) atoms. The van der Waals surface area contributed by atoms with Gasteiger partial charge < -0.3 is 0 Å². The Kier molecular flexibility index (Phi) is 4.71. The van der Waals surface area contributed by atoms with Gasteiger partial charge in [0, 0.05) is 17.9 Å². The molecule has 3 rings (SSSR count). The molecule has 1 aromatic carbocycles. The molecule has 0 aromatic heterocycles. The van der Waals surface area contributed by atoms with Gasteiger partial charge in [-0.3, -0.25) is 0 Å². The molecular formula is C16H22BrNO2S. The van der Waals surface area contributed by atoms with E-state index in [0.717, 1.165) is 30.2 Å². The van der Waals surface area contributed by atoms with Crippen molar-refractivity contribution in [2.24, 2.45) is 5.92 Å². The summed E-state index contributed by atoms with van der Waals surface area (Å²) < 4.78 is 27.7. The number of rotatable bonds is 3. The van der Waals surface area contributed by atoms with Crippen LogP contribution in [0.25, 0.3) is 0 Å². The average Bonchev–Trinajstić information content (AvgIpc) is 2.54. The van der Waals surface area contributed by atoms with Crippen molar-refractivity contribution in [3.8, 4) is 0 Å². The summed E-state index contributed by atoms with van der Waals surface area (Å²) in [5.74, 6) is 0.573. The first-order chi connectivity index (χ1) is 10.1. The predicted octanol–water partition coefficient (Wildman–Crippen LogP) is 3.92. The van der Waals surface area contributed by atoms with Gasteiger partial charge >= 0.3 is 0 Å². The summed E-state index contributed by atoms with van der Waals surface area (Å²) in [6.07, 6.45) is 6.84. The van der Waals surface area contributed by atoms with E-state index in [1.54, 1.807) is 16.4 Å². The summed E-state index contributed by atoms with van der Waals surface area (Å²) in [4.78, 5) is 0.443. The normalized spacial score (nSPS) is 27.3. The monoisotopic (exact) mass is 371 g/mol. The summed E-state index contributed by atoms with van der Waals surface area (Å²) in [6.45, 7) is 0.684. The quantitative estimate of drug-likeness (QED) is 0.754. The molecule has 0 radical (unpaired) electrons. The van der Waals surface area contributed by atoms with Gasteiger partial charge in [-0.2, -0.15) is 4.31 Å². The Bertz CT molecular complexity index is 583. The molecule has 0 amide bonds. The van der Waals surface area contributed by atoms with E-state index in [1.165, 1.54) is 19.3 Å². The lowest BCUT2D eigenvalue weighted by atomic mass is 9.79. The molecule has 1 aromatic rings. The molecule has 0 spiro atoms. The predicted molar refractivity (Wildman–Crippen MR) is 87.9 cm³/mol. The van der Waals surface area contributed by atoms with Gasteiger partial charge in [0.25, 0.3) is 0 Å². The minimum atomic E-state index is -3.34. The molecule has 2 atom stereocenters. The fourth-order valence-corrected chi connectivity index (χ4v) is 5.89. The lowest BCUT2D eigenvalue weighted by Crippen LogP contribution is -2.49. The van der Waals surface area contributed by atoms with E-state index < -0.39 is 10.0 Å². The van der Waals surface area contributed by atoms with E-state index in [0.29, 0.717) is 17.4 Å². The van der Waals surface area contributed by atoms with Crippen LogP contribution in [-0.4, -0.2) is 25.3 Å². The molecule has 116 valence electrons. The number of alkyl halides is 1. The van der Waals surface area contributed by atoms with Crippen molar-refractivity contribution in [1.82, 2.24) is 4.31 Å². The van der Waals surface area contributed by atoms with E-state index in [-0.39, 0.29) is 6.04 Å². The van der Waals surface area contributed by atoms with Crippen molar-refractivity contribution in [2.45, 2.75) is 54.8 Å². The van der Waals surface area contributed by atoms with Crippen molar-refractivity contribution in [1.29, 1.82) is 0 Å². The van der Waals surface area contributed by atoms with Crippen LogP contribution in [-0.2, 0) is 15.4 Å². The maximum atomic E-state index is 13.0. The van der Waals surface area contributed by atoms with Crippen LogP contribution in [0.5, 0.6) is 0 Å². The van der Waals surface area contributed by atoms with E-state index in [4.69, 9.17) is 0 Å². The molecule has 1 aliphatic heterocycles. The number of halogens is 1. The minimum Gasteiger partial charge on any atom is -0.207 e. The molecule has 0 bridgehead atoms. The maximum Gasteiger partial charge on any atom is 0.243 e. The molecule has 1 saturated carbocycles. The highest BCUT2D eigenvalue weighted by Crippen LogP contribution is 2.38. The van der Waals surface area contributed by atoms with Gasteiger partial charge in [0.2, 0.25) is 10.0 Å². The van der Waals surface area contributed by atoms with Crippen LogP contribution < -0.4 is 0 Å². The zero-order valence-electron chi connectivity index (χ0n) is 12.2. The number of nitrogens with zero attached hydrogens (tertiary/aromatic N) is 1. The smallest absolute Gasteiger partial charge is 0.207 e. The van der Waals surface area contributed by atoms with Crippen LogP contribution in [0.4, 0.5) is 0 Å². The van der Waals surface area contributed by atoms with Crippen LogP contribution in [0.3, 0.4) is 0 Å². The van der Waals surface area contributed by atoms with Crippen LogP contribution >= 0.6 is 15.9 Å². The van der Waals surface area contributed by atoms with Gasteiger partial charge in [-0.25, -0.2) is 8.42 Å². The third-order valence-corrected chi connectivity index (χ3v) is 7.46. The van der Waals surface area contributed by atoms with Gasteiger partial charge in [-0.1, -0.05) is 40.9 Å². The lowest BCUT2D eigenvalue weighted by molar-refractivity contribution is 0.129. The standard InChI is InChI=1S/C16H22BrNO2S/c17-12-13-7-9-15(10-8-13)21(19,20)18-11-3-5-14-4-1-2-6-16(14)18/h7-10,14,16H,1-6,11-12H2/t14-,16-/m1/s1. The van der Waals surface area contributed by atoms with Gasteiger partial charge in [-0.05, 0) is 49.3 Å². The van der Waals surface area contributed by atoms with E-state index in [9.17, 15) is 8.42 Å². The van der Waals surface area contributed by atoms with Crippen molar-refractivity contribution in [3.05, 3.63) is 29.8 Å². The largest absolute Gasteiger partial charge is 0.243 e. The zero-order chi connectivity index (χ0) is 14.9. The second kappa shape index (κ2) is 6.39. The first kappa shape index (κ1) is 15.5. The highest BCUT2D eigenvalue weighted by atomic mass is 79.9. The fourth-order valence-electron chi connectivity index (χ4n) is 3.76. The number of hydrogen-bond donors (Lipinski definition) is 0. The zero-order valence-corrected chi connectivity index (χ0v) is 14.6. The average molecular weight is 372 g/mol. The van der Waals surface area contributed by atoms with Crippen molar-refractivity contribution in [2.75, 3.05) is 6.54 Å². The van der Waals surface area contributed by atoms with E-state index >= 15 is 0 Å². The van der Waals surface area contributed by atoms with Gasteiger partial charge in [-0.15, -0.1) is 0 Å². The second-order valence-electron chi connectivity index (χ2n) is 6.15. The molecule has 5 heteroatoms. The van der Waals surface area contributed by atoms with E-state index in [1.807, 2.05) is 12.1 Å². The Hall–Kier alpha value is -0.390. The number of piperidine rings is 1. The maximum absolute atomic E-state index is 13.0. The summed E-state index contributed by atoms with van der Waals surface area (Å²) >= 11 is 3.39. The highest BCUT2D eigenvalue weighted by Gasteiger charge is 2.39. The SMILES string of the molecule is O=S(=O)(c1ccc(CBr)cc1)N1CCC[C@H]2CCCC[C@H]21. The molecule has 1 heterocycles. The Morgan fingerprint density at radius 3 is 2.43 bits per heavy atom. The fraction of sp³-hybridized carbons (Fsp3) is 0.625. The molecule has 1 saturated heterocycles. The summed E-state index contributed by atoms with van der Waals surface area (Å²) in [6, 6.07) is 7.51. The van der Waals surface area contributed by atoms with Crippen LogP contribution in [0.2, 0.25) is 0 Å². The first-order valence-corrected chi connectivity index (χ1v) is 10.4. The summed E-state index contributed by atoms with van der Waals surface area (Å²) in [5.41, 5.74) is 1.10. The van der Waals surface area contributed by atoms with Gasteiger partial charge in [0.1, 0.15) is 0 Å². The van der Waals surface area contributed by atoms with Gasteiger partial charge in [0.05, 0.1) is 4.90 Å². The molecule has 1 aliphatic carbocycles. The van der Waals surface area contributed by atoms with Crippen molar-refractivity contribution < 1.29 is 8.42 Å². The molecule has 2 fully saturated rings.